The van der Waals surface area contributed by atoms with Crippen molar-refractivity contribution >= 4 is 29.4 Å². The van der Waals surface area contributed by atoms with E-state index in [0.717, 1.165) is 31.0 Å². The summed E-state index contributed by atoms with van der Waals surface area (Å²) in [5, 5.41) is 0.512. The average molecular weight is 372 g/mol. The van der Waals surface area contributed by atoms with E-state index < -0.39 is 0 Å². The molecule has 2 aromatic carbocycles. The Morgan fingerprint density at radius 3 is 2.68 bits per heavy atom. The van der Waals surface area contributed by atoms with Crippen LogP contribution in [0, 0.1) is 6.92 Å². The summed E-state index contributed by atoms with van der Waals surface area (Å²) in [4.78, 5) is 15.9. The monoisotopic (exact) mass is 371 g/mol. The van der Waals surface area contributed by atoms with Crippen LogP contribution in [0.5, 0.6) is 0 Å². The highest BCUT2D eigenvalue weighted by molar-refractivity contribution is 7.99. The van der Waals surface area contributed by atoms with Crippen molar-refractivity contribution in [1.82, 2.24) is 4.90 Å². The number of benzene rings is 2. The van der Waals surface area contributed by atoms with Crippen LogP contribution in [0.3, 0.4) is 0 Å². The normalized spacial score (nSPS) is 18.0. The van der Waals surface area contributed by atoms with Gasteiger partial charge in [-0.15, -0.1) is 11.8 Å². The van der Waals surface area contributed by atoms with Crippen molar-refractivity contribution in [3.05, 3.63) is 65.7 Å². The van der Waals surface area contributed by atoms with Crippen molar-refractivity contribution in [2.75, 3.05) is 24.6 Å². The third kappa shape index (κ3) is 5.29. The van der Waals surface area contributed by atoms with Crippen LogP contribution in [0.15, 0.2) is 59.5 Å². The van der Waals surface area contributed by atoms with Gasteiger partial charge in [-0.25, -0.2) is 0 Å². The molecule has 1 heterocycles. The predicted octanol–water partition coefficient (Wildman–Crippen LogP) is 5.18. The highest BCUT2D eigenvalue weighted by Crippen LogP contribution is 2.36. The summed E-state index contributed by atoms with van der Waals surface area (Å²) < 4.78 is 0. The third-order valence-electron chi connectivity index (χ3n) is 4.56. The predicted molar refractivity (Wildman–Crippen MR) is 109 cm³/mol. The number of aryl methyl sites for hydroxylation is 1. The molecule has 2 nitrogen and oxygen atoms in total. The fraction of sp³-hybridized carbons (Fsp3) is 0.381. The van der Waals surface area contributed by atoms with Gasteiger partial charge in [0.25, 0.3) is 0 Å². The lowest BCUT2D eigenvalue weighted by molar-refractivity contribution is -0.130. The molecule has 1 fully saturated rings. The molecule has 1 saturated heterocycles. The van der Waals surface area contributed by atoms with E-state index in [1.54, 1.807) is 11.8 Å². The van der Waals surface area contributed by atoms with E-state index in [-0.39, 0.29) is 0 Å². The molecule has 0 aromatic heterocycles. The zero-order valence-electron chi connectivity index (χ0n) is 14.7. The highest BCUT2D eigenvalue weighted by Gasteiger charge is 2.22. The average Bonchev–Trinajstić information content (AvgIpc) is 2.89. The Hall–Kier alpha value is -1.39. The molecule has 1 unspecified atom stereocenters. The molecule has 2 aromatic rings. The number of thioether (sulfide) groups is 2. The Balaban J connectivity index is 1.49. The number of rotatable bonds is 5. The van der Waals surface area contributed by atoms with Crippen LogP contribution in [0.25, 0.3) is 0 Å². The fourth-order valence-electron chi connectivity index (χ4n) is 3.15. The van der Waals surface area contributed by atoms with Gasteiger partial charge in [-0.1, -0.05) is 42.5 Å². The van der Waals surface area contributed by atoms with Crippen molar-refractivity contribution in [2.24, 2.45) is 0 Å². The summed E-state index contributed by atoms with van der Waals surface area (Å²) in [5.41, 5.74) is 2.79. The van der Waals surface area contributed by atoms with Crippen molar-refractivity contribution in [2.45, 2.75) is 29.9 Å². The first kappa shape index (κ1) is 18.4. The Morgan fingerprint density at radius 2 is 1.88 bits per heavy atom. The Bertz CT molecular complexity index is 689. The summed E-state index contributed by atoms with van der Waals surface area (Å²) in [5.74, 6) is 2.18. The van der Waals surface area contributed by atoms with Gasteiger partial charge in [0.05, 0.1) is 0 Å². The van der Waals surface area contributed by atoms with E-state index in [0.29, 0.717) is 17.6 Å². The van der Waals surface area contributed by atoms with Crippen LogP contribution in [-0.4, -0.2) is 35.4 Å². The summed E-state index contributed by atoms with van der Waals surface area (Å²) in [6.45, 7) is 3.94. The van der Waals surface area contributed by atoms with Crippen LogP contribution in [0.2, 0.25) is 0 Å². The van der Waals surface area contributed by atoms with Crippen molar-refractivity contribution in [3.63, 3.8) is 0 Å². The smallest absolute Gasteiger partial charge is 0.223 e. The Kier molecular flexibility index (Phi) is 6.88. The van der Waals surface area contributed by atoms with E-state index in [1.165, 1.54) is 16.0 Å². The molecule has 0 N–H and O–H groups in total. The van der Waals surface area contributed by atoms with Gasteiger partial charge < -0.3 is 4.90 Å². The molecule has 3 rings (SSSR count). The first-order valence-corrected chi connectivity index (χ1v) is 10.9. The van der Waals surface area contributed by atoms with E-state index in [9.17, 15) is 4.79 Å². The molecule has 4 heteroatoms. The number of carbonyl (C=O) groups excluding carboxylic acids is 1. The number of hydrogen-bond donors (Lipinski definition) is 0. The molecule has 1 aliphatic rings. The van der Waals surface area contributed by atoms with Crippen LogP contribution < -0.4 is 0 Å². The van der Waals surface area contributed by atoms with Crippen molar-refractivity contribution in [1.29, 1.82) is 0 Å². The lowest BCUT2D eigenvalue weighted by Gasteiger charge is -2.20. The van der Waals surface area contributed by atoms with Gasteiger partial charge in [-0.05, 0) is 36.6 Å². The minimum absolute atomic E-state index is 0.300. The van der Waals surface area contributed by atoms with Crippen molar-refractivity contribution in [3.8, 4) is 0 Å². The van der Waals surface area contributed by atoms with Gasteiger partial charge in [-0.3, -0.25) is 4.79 Å². The molecule has 1 amide bonds. The van der Waals surface area contributed by atoms with Crippen LogP contribution >= 0.6 is 23.5 Å². The highest BCUT2D eigenvalue weighted by atomic mass is 32.2. The van der Waals surface area contributed by atoms with Gasteiger partial charge in [0.2, 0.25) is 5.91 Å². The maximum absolute atomic E-state index is 12.6. The van der Waals surface area contributed by atoms with Crippen LogP contribution in [0.1, 0.15) is 29.2 Å². The van der Waals surface area contributed by atoms with Gasteiger partial charge in [0.15, 0.2) is 0 Å². The molecular formula is C21H25NOS2. The van der Waals surface area contributed by atoms with E-state index in [1.807, 2.05) is 30.0 Å². The topological polar surface area (TPSA) is 20.3 Å². The summed E-state index contributed by atoms with van der Waals surface area (Å²) in [6.07, 6.45) is 1.67. The quantitative estimate of drug-likeness (QED) is 0.675. The molecule has 25 heavy (non-hydrogen) atoms. The minimum atomic E-state index is 0.300. The first-order valence-electron chi connectivity index (χ1n) is 8.87. The zero-order chi connectivity index (χ0) is 17.5. The molecule has 0 aliphatic carbocycles. The Morgan fingerprint density at radius 1 is 1.12 bits per heavy atom. The summed E-state index contributed by atoms with van der Waals surface area (Å²) in [6, 6.07) is 19.0. The van der Waals surface area contributed by atoms with Gasteiger partial charge in [0.1, 0.15) is 0 Å². The second-order valence-electron chi connectivity index (χ2n) is 6.30. The van der Waals surface area contributed by atoms with Gasteiger partial charge in [0, 0.05) is 41.2 Å². The van der Waals surface area contributed by atoms with E-state index in [2.05, 4.69) is 48.2 Å². The number of carbonyl (C=O) groups is 1. The maximum Gasteiger partial charge on any atom is 0.223 e. The Labute approximate surface area is 159 Å². The lowest BCUT2D eigenvalue weighted by Crippen LogP contribution is -2.33. The fourth-order valence-corrected chi connectivity index (χ4v) is 5.34. The molecular weight excluding hydrogens is 346 g/mol. The van der Waals surface area contributed by atoms with Crippen LogP contribution in [-0.2, 0) is 4.79 Å². The van der Waals surface area contributed by atoms with E-state index >= 15 is 0 Å². The van der Waals surface area contributed by atoms with Crippen LogP contribution in [0.4, 0.5) is 0 Å². The minimum Gasteiger partial charge on any atom is -0.342 e. The standard InChI is InChI=1S/C21H25NOS2/c1-17-7-5-6-10-19(17)20-11-13-22(14-16-25-20)21(23)12-15-24-18-8-3-2-4-9-18/h2-10,20H,11-16H2,1H3. The molecule has 0 saturated carbocycles. The van der Waals surface area contributed by atoms with Gasteiger partial charge >= 0.3 is 0 Å². The molecule has 0 bridgehead atoms. The number of amides is 1. The molecule has 1 aliphatic heterocycles. The maximum atomic E-state index is 12.6. The van der Waals surface area contributed by atoms with E-state index in [4.69, 9.17) is 0 Å². The molecule has 0 spiro atoms. The molecule has 132 valence electrons. The second-order valence-corrected chi connectivity index (χ2v) is 8.78. The molecule has 1 atom stereocenters. The number of hydrogen-bond acceptors (Lipinski definition) is 3. The third-order valence-corrected chi connectivity index (χ3v) is 6.88. The summed E-state index contributed by atoms with van der Waals surface area (Å²) >= 11 is 3.76. The second kappa shape index (κ2) is 9.35. The SMILES string of the molecule is Cc1ccccc1C1CCN(C(=O)CCSc2ccccc2)CCS1. The number of nitrogens with zero attached hydrogens (tertiary/aromatic N) is 1. The van der Waals surface area contributed by atoms with Crippen molar-refractivity contribution < 1.29 is 4.79 Å². The summed E-state index contributed by atoms with van der Waals surface area (Å²) in [7, 11) is 0. The lowest BCUT2D eigenvalue weighted by atomic mass is 10.0. The molecule has 0 radical (unpaired) electrons. The van der Waals surface area contributed by atoms with Gasteiger partial charge in [-0.2, -0.15) is 11.8 Å². The first-order chi connectivity index (χ1) is 12.2. The largest absolute Gasteiger partial charge is 0.342 e. The zero-order valence-corrected chi connectivity index (χ0v) is 16.3.